The van der Waals surface area contributed by atoms with E-state index < -0.39 is 5.97 Å². The number of aromatic nitrogens is 2. The summed E-state index contributed by atoms with van der Waals surface area (Å²) in [7, 11) is 1.30. The number of hydrogen-bond acceptors (Lipinski definition) is 4. The molecule has 110 valence electrons. The number of esters is 1. The fraction of sp³-hybridized carbons (Fsp3) is 0.267. The number of nitrogens with one attached hydrogen (secondary N) is 2. The van der Waals surface area contributed by atoms with Crippen molar-refractivity contribution in [2.24, 2.45) is 0 Å². The number of carbonyl (C=O) groups is 2. The Labute approximate surface area is 122 Å². The number of rotatable bonds is 4. The minimum atomic E-state index is -0.515. The number of nitrogens with zero attached hydrogens (tertiary/aromatic N) is 1. The summed E-state index contributed by atoms with van der Waals surface area (Å²) in [6.45, 7) is 3.70. The first kappa shape index (κ1) is 14.8. The second-order valence-corrected chi connectivity index (χ2v) is 4.76. The largest absolute Gasteiger partial charge is 0.464 e. The van der Waals surface area contributed by atoms with Gasteiger partial charge < -0.3 is 15.0 Å². The molecule has 0 aliphatic rings. The molecule has 2 aromatic rings. The van der Waals surface area contributed by atoms with Gasteiger partial charge in [0.05, 0.1) is 19.2 Å². The van der Waals surface area contributed by atoms with Gasteiger partial charge >= 0.3 is 5.97 Å². The Morgan fingerprint density at radius 1 is 1.38 bits per heavy atom. The molecule has 6 nitrogen and oxygen atoms in total. The minimum absolute atomic E-state index is 0.201. The molecule has 2 heterocycles. The zero-order valence-corrected chi connectivity index (χ0v) is 12.2. The lowest BCUT2D eigenvalue weighted by molar-refractivity contribution is -0.115. The lowest BCUT2D eigenvalue weighted by Gasteiger charge is -2.07. The van der Waals surface area contributed by atoms with Gasteiger partial charge in [-0.15, -0.1) is 0 Å². The third kappa shape index (κ3) is 3.47. The standard InChI is InChI=1S/C15H17N3O3/c1-9-8-16-5-4-11(9)7-13(19)18-12-6-10(2)17-14(12)15(20)21-3/h4-6,8,17H,7H2,1-3H3,(H,18,19). The van der Waals surface area contributed by atoms with Crippen LogP contribution in [-0.2, 0) is 16.0 Å². The first-order valence-electron chi connectivity index (χ1n) is 6.48. The summed E-state index contributed by atoms with van der Waals surface area (Å²) in [5.74, 6) is -0.716. The maximum absolute atomic E-state index is 12.1. The lowest BCUT2D eigenvalue weighted by Crippen LogP contribution is -2.17. The van der Waals surface area contributed by atoms with E-state index in [-0.39, 0.29) is 18.0 Å². The highest BCUT2D eigenvalue weighted by Gasteiger charge is 2.17. The van der Waals surface area contributed by atoms with E-state index in [2.05, 4.69) is 20.0 Å². The fourth-order valence-corrected chi connectivity index (χ4v) is 2.02. The molecule has 0 aliphatic carbocycles. The van der Waals surface area contributed by atoms with E-state index in [0.717, 1.165) is 16.8 Å². The number of pyridine rings is 1. The maximum atomic E-state index is 12.1. The Kier molecular flexibility index (Phi) is 4.37. The zero-order chi connectivity index (χ0) is 15.4. The van der Waals surface area contributed by atoms with Crippen LogP contribution in [0.2, 0.25) is 0 Å². The average molecular weight is 287 g/mol. The van der Waals surface area contributed by atoms with Crippen LogP contribution in [0.4, 0.5) is 5.69 Å². The molecular weight excluding hydrogens is 270 g/mol. The van der Waals surface area contributed by atoms with Crippen molar-refractivity contribution < 1.29 is 14.3 Å². The summed E-state index contributed by atoms with van der Waals surface area (Å²) in [5.41, 5.74) is 3.29. The number of amides is 1. The molecule has 6 heteroatoms. The molecule has 0 radical (unpaired) electrons. The van der Waals surface area contributed by atoms with Crippen LogP contribution in [0.1, 0.15) is 27.3 Å². The molecule has 0 bridgehead atoms. The normalized spacial score (nSPS) is 10.2. The molecule has 0 saturated heterocycles. The highest BCUT2D eigenvalue weighted by Crippen LogP contribution is 2.18. The molecule has 21 heavy (non-hydrogen) atoms. The van der Waals surface area contributed by atoms with Crippen LogP contribution < -0.4 is 5.32 Å². The van der Waals surface area contributed by atoms with Crippen molar-refractivity contribution in [3.63, 3.8) is 0 Å². The van der Waals surface area contributed by atoms with Gasteiger partial charge in [0.15, 0.2) is 0 Å². The van der Waals surface area contributed by atoms with Crippen LogP contribution in [0.3, 0.4) is 0 Å². The van der Waals surface area contributed by atoms with E-state index >= 15 is 0 Å². The number of H-pyrrole nitrogens is 1. The molecule has 0 saturated carbocycles. The number of carbonyl (C=O) groups excluding carboxylic acids is 2. The van der Waals surface area contributed by atoms with Crippen LogP contribution in [0.5, 0.6) is 0 Å². The summed E-state index contributed by atoms with van der Waals surface area (Å²) in [4.78, 5) is 30.6. The summed E-state index contributed by atoms with van der Waals surface area (Å²) < 4.78 is 4.68. The van der Waals surface area contributed by atoms with E-state index in [4.69, 9.17) is 0 Å². The van der Waals surface area contributed by atoms with Crippen LogP contribution in [0.25, 0.3) is 0 Å². The average Bonchev–Trinajstić information content (AvgIpc) is 2.81. The van der Waals surface area contributed by atoms with Gasteiger partial charge in [0.1, 0.15) is 5.69 Å². The van der Waals surface area contributed by atoms with Crippen molar-refractivity contribution in [1.82, 2.24) is 9.97 Å². The van der Waals surface area contributed by atoms with E-state index in [1.54, 1.807) is 31.5 Å². The van der Waals surface area contributed by atoms with E-state index in [1.165, 1.54) is 7.11 Å². The van der Waals surface area contributed by atoms with E-state index in [0.29, 0.717) is 5.69 Å². The van der Waals surface area contributed by atoms with Gasteiger partial charge in [0.25, 0.3) is 0 Å². The van der Waals surface area contributed by atoms with Crippen molar-refractivity contribution >= 4 is 17.6 Å². The molecule has 0 atom stereocenters. The molecule has 0 spiro atoms. The third-order valence-electron chi connectivity index (χ3n) is 3.10. The van der Waals surface area contributed by atoms with Gasteiger partial charge in [0.2, 0.25) is 5.91 Å². The monoisotopic (exact) mass is 287 g/mol. The molecule has 0 aromatic carbocycles. The van der Waals surface area contributed by atoms with Crippen molar-refractivity contribution in [1.29, 1.82) is 0 Å². The van der Waals surface area contributed by atoms with Crippen molar-refractivity contribution in [3.05, 3.63) is 47.0 Å². The Morgan fingerprint density at radius 2 is 2.14 bits per heavy atom. The Hall–Kier alpha value is -2.63. The number of hydrogen-bond donors (Lipinski definition) is 2. The molecule has 2 aromatic heterocycles. The Bertz CT molecular complexity index is 677. The Balaban J connectivity index is 2.13. The SMILES string of the molecule is COC(=O)c1[nH]c(C)cc1NC(=O)Cc1ccncc1C. The molecule has 2 N–H and O–H groups in total. The van der Waals surface area contributed by atoms with Crippen LogP contribution in [-0.4, -0.2) is 29.0 Å². The van der Waals surface area contributed by atoms with Gasteiger partial charge in [-0.3, -0.25) is 9.78 Å². The highest BCUT2D eigenvalue weighted by atomic mass is 16.5. The molecular formula is C15H17N3O3. The minimum Gasteiger partial charge on any atom is -0.464 e. The van der Waals surface area contributed by atoms with Gasteiger partial charge in [-0.25, -0.2) is 4.79 Å². The summed E-state index contributed by atoms with van der Waals surface area (Å²) >= 11 is 0. The van der Waals surface area contributed by atoms with Gasteiger partial charge in [-0.1, -0.05) is 0 Å². The van der Waals surface area contributed by atoms with Crippen molar-refractivity contribution in [2.75, 3.05) is 12.4 Å². The number of methoxy groups -OCH3 is 1. The number of aromatic amines is 1. The summed E-state index contributed by atoms with van der Waals surface area (Å²) in [6.07, 6.45) is 3.58. The molecule has 0 unspecified atom stereocenters. The number of ether oxygens (including phenoxy) is 1. The maximum Gasteiger partial charge on any atom is 0.356 e. The third-order valence-corrected chi connectivity index (χ3v) is 3.10. The molecule has 0 aliphatic heterocycles. The molecule has 1 amide bonds. The first-order valence-corrected chi connectivity index (χ1v) is 6.48. The van der Waals surface area contributed by atoms with E-state index in [9.17, 15) is 9.59 Å². The van der Waals surface area contributed by atoms with Crippen LogP contribution in [0, 0.1) is 13.8 Å². The molecule has 0 fully saturated rings. The summed E-state index contributed by atoms with van der Waals surface area (Å²) in [5, 5.41) is 2.73. The predicted octanol–water partition coefficient (Wildman–Crippen LogP) is 1.99. The Morgan fingerprint density at radius 3 is 2.81 bits per heavy atom. The zero-order valence-electron chi connectivity index (χ0n) is 12.2. The quantitative estimate of drug-likeness (QED) is 0.842. The van der Waals surface area contributed by atoms with Gasteiger partial charge in [-0.05, 0) is 37.1 Å². The van der Waals surface area contributed by atoms with Crippen molar-refractivity contribution in [2.45, 2.75) is 20.3 Å². The second kappa shape index (κ2) is 6.21. The highest BCUT2D eigenvalue weighted by molar-refractivity contribution is 6.00. The van der Waals surface area contributed by atoms with Crippen molar-refractivity contribution in [3.8, 4) is 0 Å². The fourth-order valence-electron chi connectivity index (χ4n) is 2.02. The smallest absolute Gasteiger partial charge is 0.356 e. The lowest BCUT2D eigenvalue weighted by atomic mass is 10.1. The predicted molar refractivity (Wildman–Crippen MR) is 78.2 cm³/mol. The van der Waals surface area contributed by atoms with Gasteiger partial charge in [0, 0.05) is 18.1 Å². The number of anilines is 1. The van der Waals surface area contributed by atoms with Crippen LogP contribution >= 0.6 is 0 Å². The second-order valence-electron chi connectivity index (χ2n) is 4.76. The van der Waals surface area contributed by atoms with Crippen LogP contribution in [0.15, 0.2) is 24.5 Å². The number of aryl methyl sites for hydroxylation is 2. The summed E-state index contributed by atoms with van der Waals surface area (Å²) in [6, 6.07) is 3.50. The first-order chi connectivity index (χ1) is 10.0. The molecule has 2 rings (SSSR count). The van der Waals surface area contributed by atoms with E-state index in [1.807, 2.05) is 6.92 Å². The van der Waals surface area contributed by atoms with Gasteiger partial charge in [-0.2, -0.15) is 0 Å². The topological polar surface area (TPSA) is 84.1 Å².